The van der Waals surface area contributed by atoms with Crippen molar-refractivity contribution < 1.29 is 49.0 Å². The molecule has 3 aliphatic carbocycles. The van der Waals surface area contributed by atoms with Crippen molar-refractivity contribution in [3.05, 3.63) is 46.6 Å². The molecular formula is C28H33NO10. The first-order valence-corrected chi connectivity index (χ1v) is 13.3. The Morgan fingerprint density at radius 3 is 2.87 bits per heavy atom. The van der Waals surface area contributed by atoms with Gasteiger partial charge in [-0.2, -0.15) is 0 Å². The largest absolute Gasteiger partial charge is 0.483 e. The van der Waals surface area contributed by atoms with Crippen LogP contribution in [0.2, 0.25) is 0 Å². The Kier molecular flexibility index (Phi) is 6.47. The first-order chi connectivity index (χ1) is 18.7. The van der Waals surface area contributed by atoms with E-state index in [9.17, 15) is 30.0 Å². The standard InChI is InChI=1S/C28H33NO10/c1-36-24(33)18-10-14-4-2-3-5-15(17(18)11-22(31)32)23(14)39-26-27(35)8-6-19-16-7-9-29-20(16)13-37-28(19,25(27)34)21(12-30)38-26/h3,5,7,9-10,13-15,17,21,23,25-26,29-30,34-35H,2,4,6,8,11-12H2,1H3,(H,31,32)/t14-,15+,17-,21+,23+,25+,26-,27+,28+/m0/s1. The fraction of sp³-hybridized carbons (Fsp3) is 0.571. The minimum absolute atomic E-state index is 0.113. The summed E-state index contributed by atoms with van der Waals surface area (Å²) in [6, 6.07) is 1.87. The number of hydrogen-bond donors (Lipinski definition) is 5. The monoisotopic (exact) mass is 543 g/mol. The Bertz CT molecular complexity index is 1350. The maximum absolute atomic E-state index is 12.6. The van der Waals surface area contributed by atoms with Crippen molar-refractivity contribution >= 4 is 23.8 Å². The summed E-state index contributed by atoms with van der Waals surface area (Å²) in [7, 11) is 1.26. The molecule has 210 valence electrons. The molecule has 1 aromatic heterocycles. The van der Waals surface area contributed by atoms with Gasteiger partial charge < -0.3 is 44.4 Å². The van der Waals surface area contributed by atoms with Gasteiger partial charge in [0.2, 0.25) is 0 Å². The summed E-state index contributed by atoms with van der Waals surface area (Å²) in [4.78, 5) is 27.5. The Morgan fingerprint density at radius 1 is 1.31 bits per heavy atom. The van der Waals surface area contributed by atoms with Crippen LogP contribution in [-0.4, -0.2) is 86.9 Å². The number of aliphatic hydroxyl groups is 3. The molecule has 39 heavy (non-hydrogen) atoms. The number of H-pyrrole nitrogens is 1. The number of aromatic amines is 1. The number of aliphatic carboxylic acids is 1. The average molecular weight is 544 g/mol. The molecule has 0 unspecified atom stereocenters. The van der Waals surface area contributed by atoms with Gasteiger partial charge in [0, 0.05) is 34.7 Å². The molecule has 1 saturated heterocycles. The number of hydrogen-bond acceptors (Lipinski definition) is 9. The molecular weight excluding hydrogens is 510 g/mol. The minimum atomic E-state index is -1.88. The van der Waals surface area contributed by atoms with Gasteiger partial charge in [-0.3, -0.25) is 4.79 Å². The lowest BCUT2D eigenvalue weighted by molar-refractivity contribution is -0.374. The van der Waals surface area contributed by atoms with Crippen LogP contribution in [0.5, 0.6) is 0 Å². The minimum Gasteiger partial charge on any atom is -0.483 e. The van der Waals surface area contributed by atoms with E-state index < -0.39 is 66.2 Å². The van der Waals surface area contributed by atoms with Crippen molar-refractivity contribution in [3.8, 4) is 0 Å². The molecule has 3 heterocycles. The third-order valence-corrected chi connectivity index (χ3v) is 9.12. The van der Waals surface area contributed by atoms with E-state index in [0.29, 0.717) is 24.8 Å². The molecule has 0 aromatic carbocycles. The van der Waals surface area contributed by atoms with Crippen LogP contribution in [0.15, 0.2) is 36.1 Å². The van der Waals surface area contributed by atoms with Gasteiger partial charge in [0.1, 0.15) is 24.1 Å². The number of esters is 1. The van der Waals surface area contributed by atoms with Crippen molar-refractivity contribution in [1.29, 1.82) is 0 Å². The van der Waals surface area contributed by atoms with Crippen molar-refractivity contribution in [2.24, 2.45) is 17.8 Å². The highest BCUT2D eigenvalue weighted by molar-refractivity contribution is 5.90. The fourth-order valence-electron chi connectivity index (χ4n) is 7.27. The van der Waals surface area contributed by atoms with Crippen LogP contribution >= 0.6 is 0 Å². The number of carboxylic acids is 1. The van der Waals surface area contributed by atoms with E-state index in [-0.39, 0.29) is 18.8 Å². The van der Waals surface area contributed by atoms with E-state index in [4.69, 9.17) is 18.9 Å². The van der Waals surface area contributed by atoms with Crippen LogP contribution in [0.3, 0.4) is 0 Å². The summed E-state index contributed by atoms with van der Waals surface area (Å²) in [5.74, 6) is -3.19. The van der Waals surface area contributed by atoms with Gasteiger partial charge in [0.15, 0.2) is 11.9 Å². The summed E-state index contributed by atoms with van der Waals surface area (Å²) in [5.41, 5.74) is -2.35. The quantitative estimate of drug-likeness (QED) is 0.232. The summed E-state index contributed by atoms with van der Waals surface area (Å²) in [6.07, 6.45) is 5.70. The predicted octanol–water partition coefficient (Wildman–Crippen LogP) is -0.553. The number of carbonyl (C=O) groups is 2. The second-order valence-corrected chi connectivity index (χ2v) is 11.0. The van der Waals surface area contributed by atoms with Gasteiger partial charge in [-0.05, 0) is 37.3 Å². The summed E-state index contributed by atoms with van der Waals surface area (Å²) >= 11 is 0. The number of carbonyl (C=O) groups excluding carboxylic acids is 1. The van der Waals surface area contributed by atoms with Crippen LogP contribution in [-0.2, 0) is 28.5 Å². The Hall–Kier alpha value is -2.96. The van der Waals surface area contributed by atoms with Crippen LogP contribution in [0, 0.1) is 17.8 Å². The number of allylic oxidation sites excluding steroid dienone is 1. The highest BCUT2D eigenvalue weighted by Gasteiger charge is 2.69. The normalized spacial score (nSPS) is 40.3. The summed E-state index contributed by atoms with van der Waals surface area (Å²) in [6.45, 7) is -0.504. The maximum atomic E-state index is 12.6. The number of aliphatic hydroxyl groups excluding tert-OH is 2. The van der Waals surface area contributed by atoms with Gasteiger partial charge in [-0.25, -0.2) is 4.79 Å². The van der Waals surface area contributed by atoms with Crippen molar-refractivity contribution in [2.75, 3.05) is 13.7 Å². The van der Waals surface area contributed by atoms with E-state index in [1.165, 1.54) is 13.4 Å². The molecule has 0 radical (unpaired) electrons. The number of rotatable bonds is 6. The van der Waals surface area contributed by atoms with E-state index in [1.54, 1.807) is 12.3 Å². The molecule has 2 aliphatic heterocycles. The fourth-order valence-corrected chi connectivity index (χ4v) is 7.27. The summed E-state index contributed by atoms with van der Waals surface area (Å²) < 4.78 is 23.8. The highest BCUT2D eigenvalue weighted by Crippen LogP contribution is 2.53. The molecule has 11 heteroatoms. The molecule has 1 spiro atoms. The molecule has 1 aromatic rings. The Morgan fingerprint density at radius 2 is 2.13 bits per heavy atom. The maximum Gasteiger partial charge on any atom is 0.333 e. The van der Waals surface area contributed by atoms with Gasteiger partial charge >= 0.3 is 11.9 Å². The second kappa shape index (κ2) is 9.60. The number of methoxy groups -OCH3 is 1. The van der Waals surface area contributed by atoms with Gasteiger partial charge in [0.25, 0.3) is 0 Å². The number of nitrogens with one attached hydrogen (secondary N) is 1. The lowest BCUT2D eigenvalue weighted by Gasteiger charge is -2.60. The smallest absolute Gasteiger partial charge is 0.333 e. The van der Waals surface area contributed by atoms with Crippen molar-refractivity contribution in [1.82, 2.24) is 4.98 Å². The second-order valence-electron chi connectivity index (χ2n) is 11.0. The van der Waals surface area contributed by atoms with E-state index in [2.05, 4.69) is 4.98 Å². The molecule has 4 bridgehead atoms. The summed E-state index contributed by atoms with van der Waals surface area (Å²) in [5, 5.41) is 45.3. The number of fused-ring (bicyclic) bond motifs is 4. The average Bonchev–Trinajstić information content (AvgIpc) is 3.34. The SMILES string of the molecule is COC(=O)C1=C[C@@H]2CCC=C[C@@H]([C@@H]2O[C@@H]2O[C@H](CO)[C@]34OC=c5[nH]ccc5=C3CC[C@@]2(O)[C@H]4O)[C@@H]1CC(=O)O. The third kappa shape index (κ3) is 3.82. The number of aromatic nitrogens is 1. The zero-order valence-electron chi connectivity index (χ0n) is 21.5. The molecule has 2 fully saturated rings. The van der Waals surface area contributed by atoms with Crippen molar-refractivity contribution in [2.45, 2.75) is 67.9 Å². The first kappa shape index (κ1) is 26.3. The third-order valence-electron chi connectivity index (χ3n) is 9.12. The highest BCUT2D eigenvalue weighted by atomic mass is 16.7. The first-order valence-electron chi connectivity index (χ1n) is 13.3. The molecule has 9 atom stereocenters. The van der Waals surface area contributed by atoms with Crippen LogP contribution < -0.4 is 10.6 Å². The van der Waals surface area contributed by atoms with Crippen LogP contribution in [0.1, 0.15) is 32.1 Å². The van der Waals surface area contributed by atoms with E-state index in [0.717, 1.165) is 16.1 Å². The zero-order chi connectivity index (χ0) is 27.5. The molecule has 5 aliphatic rings. The van der Waals surface area contributed by atoms with Gasteiger partial charge in [-0.15, -0.1) is 0 Å². The zero-order valence-corrected chi connectivity index (χ0v) is 21.5. The lowest BCUT2D eigenvalue weighted by atomic mass is 9.63. The van der Waals surface area contributed by atoms with Crippen LogP contribution in [0.4, 0.5) is 0 Å². The molecule has 5 N–H and O–H groups in total. The van der Waals surface area contributed by atoms with E-state index >= 15 is 0 Å². The van der Waals surface area contributed by atoms with E-state index in [1.807, 2.05) is 18.2 Å². The molecule has 0 amide bonds. The Balaban J connectivity index is 1.38. The lowest BCUT2D eigenvalue weighted by Crippen LogP contribution is -2.77. The van der Waals surface area contributed by atoms with Gasteiger partial charge in [-0.1, -0.05) is 18.2 Å². The van der Waals surface area contributed by atoms with Gasteiger partial charge in [0.05, 0.1) is 31.6 Å². The predicted molar refractivity (Wildman–Crippen MR) is 134 cm³/mol. The van der Waals surface area contributed by atoms with Crippen LogP contribution in [0.25, 0.3) is 11.8 Å². The van der Waals surface area contributed by atoms with Crippen molar-refractivity contribution in [3.63, 3.8) is 0 Å². The Labute approximate surface area is 224 Å². The number of carboxylic acid groups (broad SMARTS) is 1. The topological polar surface area (TPSA) is 168 Å². The molecule has 6 rings (SSSR count). The number of ether oxygens (including phenoxy) is 4. The molecule has 1 saturated carbocycles. The molecule has 11 nitrogen and oxygen atoms in total.